The molecular weight excluding hydrogens is 172 g/mol. The minimum atomic E-state index is -0.683. The fourth-order valence-electron chi connectivity index (χ4n) is 0.602. The Morgan fingerprint density at radius 3 is 2.69 bits per heavy atom. The van der Waals surface area contributed by atoms with Crippen LogP contribution < -0.4 is 5.32 Å². The van der Waals surface area contributed by atoms with Crippen molar-refractivity contribution in [2.24, 2.45) is 5.92 Å². The van der Waals surface area contributed by atoms with Crippen molar-refractivity contribution in [3.05, 3.63) is 0 Å². The summed E-state index contributed by atoms with van der Waals surface area (Å²) in [5, 5.41) is 10.8. The van der Waals surface area contributed by atoms with E-state index in [1.54, 1.807) is 6.07 Å². The SMILES string of the molecule is COC(=O)CCNC(=O)C(C)C#N. The second-order valence-corrected chi connectivity index (χ2v) is 2.47. The first-order valence-corrected chi connectivity index (χ1v) is 3.86. The van der Waals surface area contributed by atoms with Gasteiger partial charge in [0.1, 0.15) is 5.92 Å². The van der Waals surface area contributed by atoms with Crippen molar-refractivity contribution in [1.82, 2.24) is 5.32 Å². The third kappa shape index (κ3) is 4.80. The van der Waals surface area contributed by atoms with Crippen LogP contribution in [-0.4, -0.2) is 25.5 Å². The van der Waals surface area contributed by atoms with E-state index in [0.717, 1.165) is 0 Å². The molecule has 0 saturated heterocycles. The van der Waals surface area contributed by atoms with Crippen LogP contribution in [0, 0.1) is 17.2 Å². The Morgan fingerprint density at radius 1 is 1.62 bits per heavy atom. The lowest BCUT2D eigenvalue weighted by Gasteiger charge is -2.04. The Hall–Kier alpha value is -1.57. The van der Waals surface area contributed by atoms with Crippen LogP contribution in [0.15, 0.2) is 0 Å². The number of hydrogen-bond acceptors (Lipinski definition) is 4. The second kappa shape index (κ2) is 6.00. The molecule has 1 N–H and O–H groups in total. The number of esters is 1. The van der Waals surface area contributed by atoms with Gasteiger partial charge in [0.05, 0.1) is 19.6 Å². The first-order valence-electron chi connectivity index (χ1n) is 3.86. The molecule has 1 amide bonds. The van der Waals surface area contributed by atoms with Gasteiger partial charge in [-0.3, -0.25) is 9.59 Å². The molecule has 0 aromatic carbocycles. The first-order chi connectivity index (χ1) is 6.11. The van der Waals surface area contributed by atoms with Crippen molar-refractivity contribution >= 4 is 11.9 Å². The van der Waals surface area contributed by atoms with Crippen LogP contribution in [0.5, 0.6) is 0 Å². The van der Waals surface area contributed by atoms with Gasteiger partial charge in [0.25, 0.3) is 0 Å². The quantitative estimate of drug-likeness (QED) is 0.615. The lowest BCUT2D eigenvalue weighted by atomic mass is 10.2. The fourth-order valence-corrected chi connectivity index (χ4v) is 0.602. The molecule has 5 nitrogen and oxygen atoms in total. The van der Waals surface area contributed by atoms with Crippen LogP contribution in [0.4, 0.5) is 0 Å². The molecule has 0 saturated carbocycles. The van der Waals surface area contributed by atoms with Gasteiger partial charge in [0.2, 0.25) is 5.91 Å². The van der Waals surface area contributed by atoms with Crippen LogP contribution in [0.1, 0.15) is 13.3 Å². The Kier molecular flexibility index (Phi) is 5.28. The van der Waals surface area contributed by atoms with E-state index >= 15 is 0 Å². The molecule has 0 heterocycles. The number of rotatable bonds is 4. The summed E-state index contributed by atoms with van der Waals surface area (Å²) >= 11 is 0. The van der Waals surface area contributed by atoms with Crippen LogP contribution in [0.2, 0.25) is 0 Å². The smallest absolute Gasteiger partial charge is 0.307 e. The van der Waals surface area contributed by atoms with Crippen LogP contribution >= 0.6 is 0 Å². The summed E-state index contributed by atoms with van der Waals surface area (Å²) in [7, 11) is 1.28. The Labute approximate surface area is 76.7 Å². The van der Waals surface area contributed by atoms with Crippen LogP contribution in [-0.2, 0) is 14.3 Å². The van der Waals surface area contributed by atoms with Gasteiger partial charge in [-0.05, 0) is 6.92 Å². The highest BCUT2D eigenvalue weighted by Gasteiger charge is 2.10. The van der Waals surface area contributed by atoms with Gasteiger partial charge in [-0.25, -0.2) is 0 Å². The molecule has 5 heteroatoms. The summed E-state index contributed by atoms with van der Waals surface area (Å²) < 4.78 is 4.36. The minimum Gasteiger partial charge on any atom is -0.469 e. The number of carbonyl (C=O) groups is 2. The molecule has 0 aliphatic carbocycles. The lowest BCUT2D eigenvalue weighted by Crippen LogP contribution is -2.30. The maximum absolute atomic E-state index is 11.0. The third-order valence-corrected chi connectivity index (χ3v) is 1.44. The molecule has 72 valence electrons. The molecule has 0 fully saturated rings. The van der Waals surface area contributed by atoms with Gasteiger partial charge in [-0.1, -0.05) is 0 Å². The molecule has 0 bridgehead atoms. The number of ether oxygens (including phenoxy) is 1. The summed E-state index contributed by atoms with van der Waals surface area (Å²) in [6, 6.07) is 1.79. The van der Waals surface area contributed by atoms with Crippen molar-refractivity contribution in [1.29, 1.82) is 5.26 Å². The number of nitrogens with zero attached hydrogens (tertiary/aromatic N) is 1. The molecule has 0 aliphatic heterocycles. The molecule has 0 aromatic rings. The summed E-state index contributed by atoms with van der Waals surface area (Å²) in [6.07, 6.45) is 0.125. The van der Waals surface area contributed by atoms with E-state index in [0.29, 0.717) is 0 Å². The first kappa shape index (κ1) is 11.4. The molecule has 0 radical (unpaired) electrons. The van der Waals surface area contributed by atoms with Crippen molar-refractivity contribution in [3.63, 3.8) is 0 Å². The highest BCUT2D eigenvalue weighted by molar-refractivity contribution is 5.81. The Morgan fingerprint density at radius 2 is 2.23 bits per heavy atom. The molecule has 13 heavy (non-hydrogen) atoms. The number of nitriles is 1. The molecule has 0 aliphatic rings. The summed E-state index contributed by atoms with van der Waals surface area (Å²) in [4.78, 5) is 21.6. The zero-order valence-corrected chi connectivity index (χ0v) is 7.66. The van der Waals surface area contributed by atoms with E-state index in [1.165, 1.54) is 14.0 Å². The predicted octanol–water partition coefficient (Wildman–Crippen LogP) is -0.175. The van der Waals surface area contributed by atoms with Gasteiger partial charge >= 0.3 is 5.97 Å². The maximum atomic E-state index is 11.0. The van der Waals surface area contributed by atoms with Crippen LogP contribution in [0.3, 0.4) is 0 Å². The molecule has 0 spiro atoms. The van der Waals surface area contributed by atoms with Gasteiger partial charge < -0.3 is 10.1 Å². The minimum absolute atomic E-state index is 0.125. The lowest BCUT2D eigenvalue weighted by molar-refractivity contribution is -0.140. The molecule has 1 unspecified atom stereocenters. The average molecular weight is 184 g/mol. The summed E-state index contributed by atoms with van der Waals surface area (Å²) in [6.45, 7) is 1.70. The highest BCUT2D eigenvalue weighted by Crippen LogP contribution is 1.91. The fraction of sp³-hybridized carbons (Fsp3) is 0.625. The summed E-state index contributed by atoms with van der Waals surface area (Å²) in [5.41, 5.74) is 0. The van der Waals surface area contributed by atoms with E-state index < -0.39 is 5.92 Å². The van der Waals surface area contributed by atoms with Crippen molar-refractivity contribution < 1.29 is 14.3 Å². The number of amides is 1. The van der Waals surface area contributed by atoms with Crippen molar-refractivity contribution in [2.45, 2.75) is 13.3 Å². The average Bonchev–Trinajstić information content (AvgIpc) is 2.15. The van der Waals surface area contributed by atoms with E-state index in [9.17, 15) is 9.59 Å². The van der Waals surface area contributed by atoms with E-state index in [4.69, 9.17) is 5.26 Å². The predicted molar refractivity (Wildman–Crippen MR) is 44.4 cm³/mol. The molecule has 0 aromatic heterocycles. The van der Waals surface area contributed by atoms with Gasteiger partial charge in [0.15, 0.2) is 0 Å². The molecule has 1 atom stereocenters. The van der Waals surface area contributed by atoms with Gasteiger partial charge in [-0.2, -0.15) is 5.26 Å². The van der Waals surface area contributed by atoms with Crippen molar-refractivity contribution in [2.75, 3.05) is 13.7 Å². The van der Waals surface area contributed by atoms with Gasteiger partial charge in [-0.15, -0.1) is 0 Å². The number of nitrogens with one attached hydrogen (secondary N) is 1. The maximum Gasteiger partial charge on any atom is 0.307 e. The van der Waals surface area contributed by atoms with E-state index in [2.05, 4.69) is 10.1 Å². The van der Waals surface area contributed by atoms with E-state index in [-0.39, 0.29) is 24.8 Å². The zero-order chi connectivity index (χ0) is 10.3. The molecular formula is C8H12N2O3. The van der Waals surface area contributed by atoms with Crippen molar-refractivity contribution in [3.8, 4) is 6.07 Å². The highest BCUT2D eigenvalue weighted by atomic mass is 16.5. The Bertz CT molecular complexity index is 232. The largest absolute Gasteiger partial charge is 0.469 e. The number of hydrogen-bond donors (Lipinski definition) is 1. The van der Waals surface area contributed by atoms with Gasteiger partial charge in [0, 0.05) is 6.54 Å². The van der Waals surface area contributed by atoms with E-state index in [1.807, 2.05) is 0 Å². The zero-order valence-electron chi connectivity index (χ0n) is 7.66. The number of carbonyl (C=O) groups excluding carboxylic acids is 2. The normalized spacial score (nSPS) is 11.2. The second-order valence-electron chi connectivity index (χ2n) is 2.47. The Balaban J connectivity index is 3.61. The topological polar surface area (TPSA) is 79.2 Å². The van der Waals surface area contributed by atoms with Crippen LogP contribution in [0.25, 0.3) is 0 Å². The third-order valence-electron chi connectivity index (χ3n) is 1.44. The number of methoxy groups -OCH3 is 1. The standard InChI is InChI=1S/C8H12N2O3/c1-6(5-9)8(12)10-4-3-7(11)13-2/h6H,3-4H2,1-2H3,(H,10,12). The monoisotopic (exact) mass is 184 g/mol. The molecule has 0 rings (SSSR count). The summed E-state index contributed by atoms with van der Waals surface area (Å²) in [5.74, 6) is -1.44.